The first kappa shape index (κ1) is 13.5. The summed E-state index contributed by atoms with van der Waals surface area (Å²) in [6, 6.07) is 9.00. The van der Waals surface area contributed by atoms with Gasteiger partial charge < -0.3 is 10.1 Å². The molecule has 2 fully saturated rings. The molecular formula is C17H22N2OS. The van der Waals surface area contributed by atoms with Crippen LogP contribution in [0, 0.1) is 5.92 Å². The first-order chi connectivity index (χ1) is 10.4. The molecule has 1 saturated carbocycles. The first-order valence-electron chi connectivity index (χ1n) is 8.07. The topological polar surface area (TPSA) is 33.6 Å². The number of hydrogen-bond acceptors (Lipinski definition) is 3. The number of nitrogens with zero attached hydrogens (tertiary/aromatic N) is 1. The number of thioether (sulfide) groups is 1. The largest absolute Gasteiger partial charge is 0.488 e. The predicted molar refractivity (Wildman–Crippen MR) is 88.2 cm³/mol. The molecule has 0 bridgehead atoms. The summed E-state index contributed by atoms with van der Waals surface area (Å²) >= 11 is 1.90. The van der Waals surface area contributed by atoms with E-state index in [1.165, 1.54) is 37.0 Å². The number of fused-ring (bicyclic) bond motifs is 2. The van der Waals surface area contributed by atoms with Gasteiger partial charge in [0.1, 0.15) is 11.9 Å². The Kier molecular flexibility index (Phi) is 3.80. The summed E-state index contributed by atoms with van der Waals surface area (Å²) in [7, 11) is 0. The molecule has 0 spiro atoms. The van der Waals surface area contributed by atoms with Gasteiger partial charge in [-0.1, -0.05) is 42.8 Å². The van der Waals surface area contributed by atoms with E-state index in [-0.39, 0.29) is 6.10 Å². The van der Waals surface area contributed by atoms with Crippen molar-refractivity contribution in [1.82, 2.24) is 5.32 Å². The van der Waals surface area contributed by atoms with Crippen LogP contribution >= 0.6 is 11.8 Å². The minimum absolute atomic E-state index is 0.210. The minimum atomic E-state index is 0.210. The highest BCUT2D eigenvalue weighted by Gasteiger charge is 2.30. The van der Waals surface area contributed by atoms with Gasteiger partial charge in [-0.15, -0.1) is 0 Å². The lowest BCUT2D eigenvalue weighted by molar-refractivity contribution is 0.241. The van der Waals surface area contributed by atoms with Crippen LogP contribution in [0.5, 0.6) is 5.75 Å². The summed E-state index contributed by atoms with van der Waals surface area (Å²) in [6.45, 7) is 0.765. The van der Waals surface area contributed by atoms with Crippen molar-refractivity contribution in [3.8, 4) is 5.75 Å². The van der Waals surface area contributed by atoms with Gasteiger partial charge in [-0.3, -0.25) is 4.99 Å². The average molecular weight is 302 g/mol. The summed E-state index contributed by atoms with van der Waals surface area (Å²) in [5.41, 5.74) is 1.32. The van der Waals surface area contributed by atoms with E-state index in [1.807, 2.05) is 17.8 Å². The molecule has 0 aromatic heterocycles. The summed E-state index contributed by atoms with van der Waals surface area (Å²) < 4.78 is 5.96. The van der Waals surface area contributed by atoms with Gasteiger partial charge >= 0.3 is 0 Å². The molecule has 0 radical (unpaired) electrons. The summed E-state index contributed by atoms with van der Waals surface area (Å²) in [6.07, 6.45) is 6.68. The van der Waals surface area contributed by atoms with Crippen LogP contribution < -0.4 is 10.1 Å². The van der Waals surface area contributed by atoms with Crippen molar-refractivity contribution in [1.29, 1.82) is 0 Å². The molecule has 4 heteroatoms. The summed E-state index contributed by atoms with van der Waals surface area (Å²) in [4.78, 5) is 4.78. The van der Waals surface area contributed by atoms with E-state index in [9.17, 15) is 0 Å². The highest BCUT2D eigenvalue weighted by atomic mass is 32.2. The smallest absolute Gasteiger partial charge is 0.156 e. The number of rotatable bonds is 2. The Balaban J connectivity index is 1.34. The van der Waals surface area contributed by atoms with E-state index in [2.05, 4.69) is 23.5 Å². The van der Waals surface area contributed by atoms with Crippen LogP contribution in [0.25, 0.3) is 0 Å². The first-order valence-corrected chi connectivity index (χ1v) is 9.05. The van der Waals surface area contributed by atoms with E-state index < -0.39 is 0 Å². The van der Waals surface area contributed by atoms with E-state index in [1.54, 1.807) is 0 Å². The van der Waals surface area contributed by atoms with Crippen LogP contribution in [0.3, 0.4) is 0 Å². The Morgan fingerprint density at radius 2 is 2.14 bits per heavy atom. The summed E-state index contributed by atoms with van der Waals surface area (Å²) in [5.74, 6) is 3.14. The number of para-hydroxylation sites is 1. The lowest BCUT2D eigenvalue weighted by Crippen LogP contribution is -2.46. The zero-order valence-corrected chi connectivity index (χ0v) is 13.1. The van der Waals surface area contributed by atoms with E-state index in [0.717, 1.165) is 29.8 Å². The van der Waals surface area contributed by atoms with Crippen molar-refractivity contribution >= 4 is 16.9 Å². The van der Waals surface area contributed by atoms with Gasteiger partial charge in [0.25, 0.3) is 0 Å². The Morgan fingerprint density at radius 1 is 1.24 bits per heavy atom. The molecule has 3 aliphatic rings. The maximum Gasteiger partial charge on any atom is 0.156 e. The van der Waals surface area contributed by atoms with Crippen molar-refractivity contribution in [2.45, 2.75) is 44.2 Å². The third-order valence-corrected chi connectivity index (χ3v) is 5.92. The highest BCUT2D eigenvalue weighted by Crippen LogP contribution is 2.32. The van der Waals surface area contributed by atoms with Crippen LogP contribution in [-0.2, 0) is 6.42 Å². The summed E-state index contributed by atoms with van der Waals surface area (Å²) in [5, 5.41) is 4.79. The normalized spacial score (nSPS) is 33.0. The van der Waals surface area contributed by atoms with Gasteiger partial charge in [-0.05, 0) is 30.4 Å². The number of amidine groups is 1. The third-order valence-electron chi connectivity index (χ3n) is 4.80. The molecule has 3 nitrogen and oxygen atoms in total. The van der Waals surface area contributed by atoms with Crippen LogP contribution in [0.15, 0.2) is 29.3 Å². The number of ether oxygens (including phenoxy) is 1. The van der Waals surface area contributed by atoms with Crippen molar-refractivity contribution in [3.63, 3.8) is 0 Å². The molecule has 2 heterocycles. The molecule has 4 rings (SSSR count). The van der Waals surface area contributed by atoms with Crippen molar-refractivity contribution < 1.29 is 4.74 Å². The maximum absolute atomic E-state index is 5.96. The molecule has 112 valence electrons. The zero-order chi connectivity index (χ0) is 14.1. The van der Waals surface area contributed by atoms with Crippen molar-refractivity contribution in [2.75, 3.05) is 12.3 Å². The molecular weight excluding hydrogens is 280 g/mol. The van der Waals surface area contributed by atoms with E-state index in [4.69, 9.17) is 9.73 Å². The molecule has 1 saturated heterocycles. The van der Waals surface area contributed by atoms with Gasteiger partial charge in [0.2, 0.25) is 0 Å². The average Bonchev–Trinajstić information content (AvgIpc) is 2.95. The number of benzene rings is 1. The fraction of sp³-hybridized carbons (Fsp3) is 0.588. The molecule has 0 amide bonds. The Bertz CT molecular complexity index is 520. The predicted octanol–water partition coefficient (Wildman–Crippen LogP) is 3.24. The second kappa shape index (κ2) is 5.91. The Labute approximate surface area is 130 Å². The number of nitrogens with one attached hydrogen (secondary N) is 1. The quantitative estimate of drug-likeness (QED) is 0.910. The van der Waals surface area contributed by atoms with Gasteiger partial charge in [-0.25, -0.2) is 0 Å². The van der Waals surface area contributed by atoms with Crippen molar-refractivity contribution in [3.05, 3.63) is 29.8 Å². The van der Waals surface area contributed by atoms with Crippen LogP contribution in [0.2, 0.25) is 0 Å². The minimum Gasteiger partial charge on any atom is -0.488 e. The SMILES string of the molecule is c1ccc2c(c1)CC(CN=C1NC3CCCCC3CS1)O2. The van der Waals surface area contributed by atoms with Gasteiger partial charge in [0, 0.05) is 18.2 Å². The lowest BCUT2D eigenvalue weighted by atomic mass is 9.86. The molecule has 3 unspecified atom stereocenters. The molecule has 2 aliphatic heterocycles. The van der Waals surface area contributed by atoms with Crippen LogP contribution in [-0.4, -0.2) is 29.6 Å². The number of aliphatic imine (C=N–C) groups is 1. The molecule has 1 aromatic rings. The molecule has 3 atom stereocenters. The molecule has 1 N–H and O–H groups in total. The second-order valence-electron chi connectivity index (χ2n) is 6.30. The zero-order valence-electron chi connectivity index (χ0n) is 12.3. The Morgan fingerprint density at radius 3 is 3.10 bits per heavy atom. The Hall–Kier alpha value is -1.16. The van der Waals surface area contributed by atoms with Gasteiger partial charge in [-0.2, -0.15) is 0 Å². The third kappa shape index (κ3) is 2.91. The van der Waals surface area contributed by atoms with Crippen molar-refractivity contribution in [2.24, 2.45) is 10.9 Å². The molecule has 21 heavy (non-hydrogen) atoms. The fourth-order valence-corrected chi connectivity index (χ4v) is 4.79. The maximum atomic E-state index is 5.96. The molecule has 1 aliphatic carbocycles. The molecule has 1 aromatic carbocycles. The fourth-order valence-electron chi connectivity index (χ4n) is 3.62. The monoisotopic (exact) mass is 302 g/mol. The van der Waals surface area contributed by atoms with Crippen LogP contribution in [0.4, 0.5) is 0 Å². The van der Waals surface area contributed by atoms with Crippen LogP contribution in [0.1, 0.15) is 31.2 Å². The van der Waals surface area contributed by atoms with Gasteiger partial charge in [0.15, 0.2) is 5.17 Å². The lowest BCUT2D eigenvalue weighted by Gasteiger charge is -2.36. The number of hydrogen-bond donors (Lipinski definition) is 1. The van der Waals surface area contributed by atoms with E-state index in [0.29, 0.717) is 6.04 Å². The standard InChI is InChI=1S/C17H22N2OS/c1-3-7-15-13(6-1)11-21-17(19-15)18-10-14-9-12-5-2-4-8-16(12)20-14/h2,4-5,8,13-15H,1,3,6-7,9-11H2,(H,18,19). The van der Waals surface area contributed by atoms with Gasteiger partial charge in [0.05, 0.1) is 6.54 Å². The highest BCUT2D eigenvalue weighted by molar-refractivity contribution is 8.13. The van der Waals surface area contributed by atoms with E-state index >= 15 is 0 Å². The second-order valence-corrected chi connectivity index (χ2v) is 7.31.